The molecule has 0 aliphatic heterocycles. The summed E-state index contributed by atoms with van der Waals surface area (Å²) in [5.74, 6) is 0. The molecule has 0 saturated heterocycles. The van der Waals surface area contributed by atoms with Gasteiger partial charge < -0.3 is 0 Å². The van der Waals surface area contributed by atoms with Crippen LogP contribution in [-0.4, -0.2) is 25.9 Å². The zero-order valence-electron chi connectivity index (χ0n) is 13.2. The summed E-state index contributed by atoms with van der Waals surface area (Å²) in [6.45, 7) is 2.14. The molecule has 0 fully saturated rings. The number of rotatable bonds is 10. The summed E-state index contributed by atoms with van der Waals surface area (Å²) in [5, 5.41) is 0. The van der Waals surface area contributed by atoms with E-state index in [-0.39, 0.29) is 5.56 Å². The van der Waals surface area contributed by atoms with Gasteiger partial charge in [-0.15, -0.1) is 0 Å². The summed E-state index contributed by atoms with van der Waals surface area (Å²) in [6.07, 6.45) is 7.58. The van der Waals surface area contributed by atoms with Crippen molar-refractivity contribution in [2.45, 2.75) is 68.1 Å². The Morgan fingerprint density at radius 2 is 1.39 bits per heavy atom. The predicted molar refractivity (Wildman–Crippen MR) is 87.8 cm³/mol. The maximum Gasteiger partial charge on any atom is 0.296 e. The molecule has 132 valence electrons. The zero-order valence-corrected chi connectivity index (χ0v) is 14.9. The first-order valence-corrected chi connectivity index (χ1v) is 10.6. The van der Waals surface area contributed by atoms with Gasteiger partial charge in [0.2, 0.25) is 0 Å². The van der Waals surface area contributed by atoms with Crippen LogP contribution in [0.25, 0.3) is 0 Å². The highest BCUT2D eigenvalue weighted by atomic mass is 32.2. The summed E-state index contributed by atoms with van der Waals surface area (Å²) in [6, 6.07) is 3.77. The van der Waals surface area contributed by atoms with E-state index in [9.17, 15) is 21.4 Å². The zero-order chi connectivity index (χ0) is 17.5. The molecule has 1 aromatic carbocycles. The summed E-state index contributed by atoms with van der Waals surface area (Å²) in [5.41, 5.74) is 0.205. The van der Waals surface area contributed by atoms with E-state index in [2.05, 4.69) is 6.92 Å². The smallest absolute Gasteiger partial charge is 0.282 e. The number of benzene rings is 1. The monoisotopic (exact) mass is 364 g/mol. The Morgan fingerprint density at radius 3 is 1.91 bits per heavy atom. The highest BCUT2D eigenvalue weighted by Crippen LogP contribution is 2.26. The third kappa shape index (κ3) is 6.58. The van der Waals surface area contributed by atoms with Crippen molar-refractivity contribution in [2.75, 3.05) is 0 Å². The Kier molecular flexibility index (Phi) is 7.66. The van der Waals surface area contributed by atoms with Crippen molar-refractivity contribution in [3.63, 3.8) is 0 Å². The Labute approximate surface area is 138 Å². The first-order chi connectivity index (χ1) is 10.7. The number of hydrogen-bond donors (Lipinski definition) is 2. The van der Waals surface area contributed by atoms with E-state index in [0.717, 1.165) is 25.3 Å². The molecular weight excluding hydrogens is 340 g/mol. The van der Waals surface area contributed by atoms with Gasteiger partial charge in [0.05, 0.1) is 0 Å². The quantitative estimate of drug-likeness (QED) is 0.486. The molecule has 0 saturated carbocycles. The Hall–Kier alpha value is -0.960. The molecule has 1 rings (SSSR count). The van der Waals surface area contributed by atoms with Crippen LogP contribution in [0.4, 0.5) is 0 Å². The van der Waals surface area contributed by atoms with Gasteiger partial charge in [-0.25, -0.2) is 0 Å². The minimum Gasteiger partial charge on any atom is -0.282 e. The SMILES string of the molecule is CCCCCCCCCc1cccc(S(=O)(=O)O)c1S(=O)(=O)O. The highest BCUT2D eigenvalue weighted by molar-refractivity contribution is 7.89. The van der Waals surface area contributed by atoms with Crippen molar-refractivity contribution >= 4 is 20.2 Å². The highest BCUT2D eigenvalue weighted by Gasteiger charge is 2.26. The first kappa shape index (κ1) is 20.1. The van der Waals surface area contributed by atoms with Crippen molar-refractivity contribution in [3.8, 4) is 0 Å². The van der Waals surface area contributed by atoms with E-state index in [1.54, 1.807) is 0 Å². The average molecular weight is 364 g/mol. The van der Waals surface area contributed by atoms with Crippen molar-refractivity contribution in [2.24, 2.45) is 0 Å². The second-order valence-electron chi connectivity index (χ2n) is 5.57. The molecule has 2 N–H and O–H groups in total. The molecule has 0 spiro atoms. The summed E-state index contributed by atoms with van der Waals surface area (Å²) in [4.78, 5) is -1.49. The van der Waals surface area contributed by atoms with E-state index in [0.29, 0.717) is 12.8 Å². The van der Waals surface area contributed by atoms with E-state index < -0.39 is 30.0 Å². The van der Waals surface area contributed by atoms with Gasteiger partial charge in [-0.3, -0.25) is 9.11 Å². The topological polar surface area (TPSA) is 109 Å². The lowest BCUT2D eigenvalue weighted by atomic mass is 10.0. The van der Waals surface area contributed by atoms with Gasteiger partial charge in [-0.1, -0.05) is 57.6 Å². The van der Waals surface area contributed by atoms with Gasteiger partial charge in [-0.2, -0.15) is 16.8 Å². The number of unbranched alkanes of at least 4 members (excludes halogenated alkanes) is 6. The molecular formula is C15H24O6S2. The molecule has 0 aliphatic rings. The number of hydrogen-bond acceptors (Lipinski definition) is 4. The van der Waals surface area contributed by atoms with Crippen molar-refractivity contribution in [1.82, 2.24) is 0 Å². The summed E-state index contributed by atoms with van der Waals surface area (Å²) in [7, 11) is -9.46. The minimum absolute atomic E-state index is 0.205. The lowest BCUT2D eigenvalue weighted by molar-refractivity contribution is 0.464. The fourth-order valence-electron chi connectivity index (χ4n) is 2.53. The molecule has 0 aliphatic carbocycles. The standard InChI is InChI=1S/C15H24O6S2/c1-2-3-4-5-6-7-8-10-13-11-9-12-14(22(16,17)18)15(13)23(19,20)21/h9,11-12H,2-8,10H2,1H3,(H,16,17,18)(H,19,20,21). The number of aryl methyl sites for hydroxylation is 1. The molecule has 0 unspecified atom stereocenters. The van der Waals surface area contributed by atoms with Crippen molar-refractivity contribution in [1.29, 1.82) is 0 Å². The van der Waals surface area contributed by atoms with E-state index in [1.807, 2.05) is 0 Å². The maximum absolute atomic E-state index is 11.5. The molecule has 0 amide bonds. The van der Waals surface area contributed by atoms with E-state index in [1.165, 1.54) is 31.4 Å². The third-order valence-corrected chi connectivity index (χ3v) is 5.67. The molecule has 0 bridgehead atoms. The van der Waals surface area contributed by atoms with Gasteiger partial charge in [0, 0.05) is 0 Å². The molecule has 23 heavy (non-hydrogen) atoms. The normalized spacial score (nSPS) is 12.5. The first-order valence-electron chi connectivity index (χ1n) is 7.74. The molecule has 8 heteroatoms. The Bertz CT molecular complexity index is 707. The molecule has 6 nitrogen and oxygen atoms in total. The fourth-order valence-corrected chi connectivity index (χ4v) is 4.60. The van der Waals surface area contributed by atoms with Crippen LogP contribution in [0.2, 0.25) is 0 Å². The van der Waals surface area contributed by atoms with Crippen LogP contribution in [0.5, 0.6) is 0 Å². The molecule has 0 radical (unpaired) electrons. The van der Waals surface area contributed by atoms with Crippen LogP contribution in [-0.2, 0) is 26.7 Å². The van der Waals surface area contributed by atoms with Crippen molar-refractivity contribution < 1.29 is 25.9 Å². The summed E-state index contributed by atoms with van der Waals surface area (Å²) < 4.78 is 64.1. The molecule has 0 aromatic heterocycles. The van der Waals surface area contributed by atoms with Crippen molar-refractivity contribution in [3.05, 3.63) is 23.8 Å². The van der Waals surface area contributed by atoms with Gasteiger partial charge in [0.1, 0.15) is 9.79 Å². The van der Waals surface area contributed by atoms with E-state index in [4.69, 9.17) is 4.55 Å². The van der Waals surface area contributed by atoms with Crippen LogP contribution in [0, 0.1) is 0 Å². The fraction of sp³-hybridized carbons (Fsp3) is 0.600. The maximum atomic E-state index is 11.5. The third-order valence-electron chi connectivity index (χ3n) is 3.65. The lowest BCUT2D eigenvalue weighted by Crippen LogP contribution is -2.11. The largest absolute Gasteiger partial charge is 0.296 e. The average Bonchev–Trinajstić information content (AvgIpc) is 2.44. The van der Waals surface area contributed by atoms with E-state index >= 15 is 0 Å². The van der Waals surface area contributed by atoms with Gasteiger partial charge in [-0.05, 0) is 24.5 Å². The predicted octanol–water partition coefficient (Wildman–Crippen LogP) is 3.47. The Balaban J connectivity index is 2.84. The van der Waals surface area contributed by atoms with Gasteiger partial charge in [0.25, 0.3) is 20.2 Å². The van der Waals surface area contributed by atoms with Crippen LogP contribution >= 0.6 is 0 Å². The van der Waals surface area contributed by atoms with Gasteiger partial charge in [0.15, 0.2) is 0 Å². The second-order valence-corrected chi connectivity index (χ2v) is 8.31. The van der Waals surface area contributed by atoms with Crippen LogP contribution in [0.3, 0.4) is 0 Å². The van der Waals surface area contributed by atoms with Crippen LogP contribution in [0.1, 0.15) is 57.4 Å². The Morgan fingerprint density at radius 1 is 0.826 bits per heavy atom. The summed E-state index contributed by atoms with van der Waals surface area (Å²) >= 11 is 0. The van der Waals surface area contributed by atoms with Crippen LogP contribution in [0.15, 0.2) is 28.0 Å². The minimum atomic E-state index is -4.74. The van der Waals surface area contributed by atoms with Crippen LogP contribution < -0.4 is 0 Å². The lowest BCUT2D eigenvalue weighted by Gasteiger charge is -2.10. The van der Waals surface area contributed by atoms with Gasteiger partial charge >= 0.3 is 0 Å². The molecule has 0 atom stereocenters. The second kappa shape index (κ2) is 8.77. The molecule has 1 aromatic rings. The molecule has 0 heterocycles.